The van der Waals surface area contributed by atoms with Crippen molar-refractivity contribution >= 4 is 23.6 Å². The summed E-state index contributed by atoms with van der Waals surface area (Å²) in [6.45, 7) is 0. The van der Waals surface area contributed by atoms with Crippen LogP contribution >= 0.6 is 0 Å². The molecule has 2 N–H and O–H groups in total. The number of hydrazine groups is 1. The molecule has 0 saturated carbocycles. The molecule has 0 aromatic heterocycles. The average Bonchev–Trinajstić information content (AvgIpc) is 2.61. The minimum atomic E-state index is -0.393. The topological polar surface area (TPSA) is 64.7 Å². The number of amides is 2. The number of hydrogen-bond acceptors (Lipinski definition) is 4. The van der Waals surface area contributed by atoms with Crippen molar-refractivity contribution in [2.45, 2.75) is 0 Å². The fourth-order valence-electron chi connectivity index (χ4n) is 2.24. The molecule has 0 atom stereocenters. The molecular formula is C20H24N4O2. The molecule has 0 bridgehead atoms. The highest BCUT2D eigenvalue weighted by Crippen LogP contribution is 2.14. The molecule has 0 aliphatic rings. The van der Waals surface area contributed by atoms with Crippen LogP contribution in [0.2, 0.25) is 0 Å². The second-order valence-corrected chi connectivity index (χ2v) is 6.20. The van der Waals surface area contributed by atoms with Crippen LogP contribution in [0.15, 0.2) is 60.3 Å². The van der Waals surface area contributed by atoms with Crippen molar-refractivity contribution < 1.29 is 9.59 Å². The first-order valence-corrected chi connectivity index (χ1v) is 8.20. The van der Waals surface area contributed by atoms with Crippen LogP contribution in [0.5, 0.6) is 0 Å². The maximum Gasteiger partial charge on any atom is 0.282 e. The van der Waals surface area contributed by atoms with E-state index < -0.39 is 5.91 Å². The van der Waals surface area contributed by atoms with Crippen molar-refractivity contribution in [3.63, 3.8) is 0 Å². The predicted octanol–water partition coefficient (Wildman–Crippen LogP) is 2.12. The van der Waals surface area contributed by atoms with E-state index in [2.05, 4.69) is 10.7 Å². The summed E-state index contributed by atoms with van der Waals surface area (Å²) in [5.41, 5.74) is 5.17. The number of nitrogens with zero attached hydrogens (tertiary/aromatic N) is 2. The van der Waals surface area contributed by atoms with E-state index in [0.717, 1.165) is 11.3 Å². The van der Waals surface area contributed by atoms with Gasteiger partial charge in [0.1, 0.15) is 5.70 Å². The number of carbonyl (C=O) groups excluding carboxylic acids is 2. The number of hydrogen-bond donors (Lipinski definition) is 2. The van der Waals surface area contributed by atoms with Crippen molar-refractivity contribution in [1.29, 1.82) is 0 Å². The smallest absolute Gasteiger partial charge is 0.282 e. The highest BCUT2D eigenvalue weighted by Gasteiger charge is 2.15. The second-order valence-electron chi connectivity index (χ2n) is 6.20. The first kappa shape index (κ1) is 19.2. The maximum atomic E-state index is 12.5. The summed E-state index contributed by atoms with van der Waals surface area (Å²) >= 11 is 0. The Kier molecular flexibility index (Phi) is 6.52. The van der Waals surface area contributed by atoms with Crippen LogP contribution in [0.1, 0.15) is 15.9 Å². The second kappa shape index (κ2) is 8.82. The van der Waals surface area contributed by atoms with Gasteiger partial charge in [-0.1, -0.05) is 30.3 Å². The maximum absolute atomic E-state index is 12.5. The highest BCUT2D eigenvalue weighted by molar-refractivity contribution is 6.05. The van der Waals surface area contributed by atoms with Gasteiger partial charge in [0.25, 0.3) is 11.8 Å². The van der Waals surface area contributed by atoms with Gasteiger partial charge in [0.05, 0.1) is 0 Å². The molecule has 0 spiro atoms. The standard InChI is InChI=1S/C20H24N4O2/c1-23(2)17-12-10-15(11-13-17)14-18(20(26)22-24(3)4)21-19(25)16-8-6-5-7-9-16/h5-14H,1-4H3,(H,21,25)(H,22,26). The third-order valence-electron chi connectivity index (χ3n) is 3.57. The third-order valence-corrected chi connectivity index (χ3v) is 3.57. The van der Waals surface area contributed by atoms with Gasteiger partial charge in [-0.15, -0.1) is 0 Å². The van der Waals surface area contributed by atoms with Gasteiger partial charge in [-0.05, 0) is 35.9 Å². The fraction of sp³-hybridized carbons (Fsp3) is 0.200. The van der Waals surface area contributed by atoms with Crippen LogP contribution < -0.4 is 15.6 Å². The summed E-state index contributed by atoms with van der Waals surface area (Å²) in [6.07, 6.45) is 1.65. The molecule has 0 saturated heterocycles. The number of nitrogens with one attached hydrogen (secondary N) is 2. The molecule has 26 heavy (non-hydrogen) atoms. The van der Waals surface area contributed by atoms with Gasteiger partial charge in [0.2, 0.25) is 0 Å². The van der Waals surface area contributed by atoms with Crippen LogP contribution in [0.3, 0.4) is 0 Å². The zero-order valence-electron chi connectivity index (χ0n) is 15.5. The molecule has 136 valence electrons. The third kappa shape index (κ3) is 5.46. The summed E-state index contributed by atoms with van der Waals surface area (Å²) in [7, 11) is 7.34. The van der Waals surface area contributed by atoms with E-state index in [0.29, 0.717) is 5.56 Å². The Morgan fingerprint density at radius 1 is 0.885 bits per heavy atom. The van der Waals surface area contributed by atoms with E-state index in [4.69, 9.17) is 0 Å². The summed E-state index contributed by atoms with van der Waals surface area (Å²) < 4.78 is 0. The van der Waals surface area contributed by atoms with Crippen molar-refractivity contribution in [2.24, 2.45) is 0 Å². The SMILES string of the molecule is CN(C)NC(=O)C(=Cc1ccc(N(C)C)cc1)NC(=O)c1ccccc1. The van der Waals surface area contributed by atoms with E-state index in [1.165, 1.54) is 5.01 Å². The van der Waals surface area contributed by atoms with Gasteiger partial charge in [-0.25, -0.2) is 5.01 Å². The van der Waals surface area contributed by atoms with Gasteiger partial charge in [-0.2, -0.15) is 0 Å². The van der Waals surface area contributed by atoms with Crippen LogP contribution in [-0.4, -0.2) is 45.0 Å². The highest BCUT2D eigenvalue weighted by atomic mass is 16.2. The normalized spacial score (nSPS) is 11.2. The molecule has 2 aromatic rings. The summed E-state index contributed by atoms with van der Waals surface area (Å²) in [5, 5.41) is 4.23. The monoisotopic (exact) mass is 352 g/mol. The zero-order chi connectivity index (χ0) is 19.1. The van der Waals surface area contributed by atoms with E-state index in [-0.39, 0.29) is 11.6 Å². The lowest BCUT2D eigenvalue weighted by atomic mass is 10.1. The molecule has 0 radical (unpaired) electrons. The summed E-state index contributed by atoms with van der Waals surface area (Å²) in [5.74, 6) is -0.730. The Labute approximate surface area is 154 Å². The number of rotatable bonds is 6. The van der Waals surface area contributed by atoms with Crippen LogP contribution in [0.25, 0.3) is 6.08 Å². The summed E-state index contributed by atoms with van der Waals surface area (Å²) in [6, 6.07) is 16.5. The molecule has 0 aliphatic heterocycles. The molecule has 0 unspecified atom stereocenters. The molecule has 2 rings (SSSR count). The molecule has 6 heteroatoms. The van der Waals surface area contributed by atoms with Gasteiger partial charge in [0.15, 0.2) is 0 Å². The molecule has 0 aliphatic carbocycles. The average molecular weight is 352 g/mol. The lowest BCUT2D eigenvalue weighted by Gasteiger charge is -2.15. The van der Waals surface area contributed by atoms with Crippen molar-refractivity contribution in [1.82, 2.24) is 15.8 Å². The lowest BCUT2D eigenvalue weighted by molar-refractivity contribution is -0.121. The van der Waals surface area contributed by atoms with Crippen LogP contribution in [0, 0.1) is 0 Å². The first-order chi connectivity index (χ1) is 12.4. The Hall–Kier alpha value is -3.12. The van der Waals surface area contributed by atoms with Gasteiger partial charge < -0.3 is 10.2 Å². The molecule has 0 heterocycles. The lowest BCUT2D eigenvalue weighted by Crippen LogP contribution is -2.41. The molecule has 6 nitrogen and oxygen atoms in total. The molecule has 2 amide bonds. The minimum absolute atomic E-state index is 0.171. The Morgan fingerprint density at radius 3 is 2.04 bits per heavy atom. The Bertz CT molecular complexity index is 781. The zero-order valence-corrected chi connectivity index (χ0v) is 15.5. The van der Waals surface area contributed by atoms with Gasteiger partial charge in [-0.3, -0.25) is 15.0 Å². The predicted molar refractivity (Wildman–Crippen MR) is 104 cm³/mol. The molecule has 2 aromatic carbocycles. The van der Waals surface area contributed by atoms with E-state index >= 15 is 0 Å². The van der Waals surface area contributed by atoms with Crippen LogP contribution in [0.4, 0.5) is 5.69 Å². The fourth-order valence-corrected chi connectivity index (χ4v) is 2.24. The minimum Gasteiger partial charge on any atom is -0.378 e. The Morgan fingerprint density at radius 2 is 1.50 bits per heavy atom. The van der Waals surface area contributed by atoms with Crippen molar-refractivity contribution in [3.8, 4) is 0 Å². The largest absolute Gasteiger partial charge is 0.378 e. The van der Waals surface area contributed by atoms with E-state index in [1.807, 2.05) is 49.3 Å². The van der Waals surface area contributed by atoms with Crippen molar-refractivity contribution in [3.05, 3.63) is 71.4 Å². The van der Waals surface area contributed by atoms with Crippen molar-refractivity contribution in [2.75, 3.05) is 33.1 Å². The van der Waals surface area contributed by atoms with E-state index in [9.17, 15) is 9.59 Å². The van der Waals surface area contributed by atoms with Crippen LogP contribution in [-0.2, 0) is 4.79 Å². The van der Waals surface area contributed by atoms with Gasteiger partial charge >= 0.3 is 0 Å². The Balaban J connectivity index is 2.28. The molecule has 0 fully saturated rings. The summed E-state index contributed by atoms with van der Waals surface area (Å²) in [4.78, 5) is 26.9. The number of benzene rings is 2. The number of anilines is 1. The van der Waals surface area contributed by atoms with Gasteiger partial charge in [0, 0.05) is 39.4 Å². The molecular weight excluding hydrogens is 328 g/mol. The van der Waals surface area contributed by atoms with E-state index in [1.54, 1.807) is 44.4 Å². The number of carbonyl (C=O) groups is 2. The first-order valence-electron chi connectivity index (χ1n) is 8.20. The quantitative estimate of drug-likeness (QED) is 0.617.